The normalized spacial score (nSPS) is 18.8. The Bertz CT molecular complexity index is 206. The van der Waals surface area contributed by atoms with E-state index < -0.39 is 0 Å². The maximum atomic E-state index is 8.66. The zero-order valence-corrected chi connectivity index (χ0v) is 10.5. The summed E-state index contributed by atoms with van der Waals surface area (Å²) in [6.45, 7) is 3.81. The molecule has 0 saturated carbocycles. The van der Waals surface area contributed by atoms with Crippen molar-refractivity contribution in [2.75, 3.05) is 32.8 Å². The van der Waals surface area contributed by atoms with Crippen LogP contribution in [0.5, 0.6) is 0 Å². The highest BCUT2D eigenvalue weighted by Crippen LogP contribution is 2.13. The number of hydrogen-bond acceptors (Lipinski definition) is 4. The second-order valence-electron chi connectivity index (χ2n) is 4.21. The van der Waals surface area contributed by atoms with Gasteiger partial charge in [0.2, 0.25) is 0 Å². The summed E-state index contributed by atoms with van der Waals surface area (Å²) < 4.78 is 5.51. The highest BCUT2D eigenvalue weighted by atomic mass is 32.1. The molecule has 0 aromatic heterocycles. The molecule has 0 amide bonds. The molecule has 1 heterocycles. The van der Waals surface area contributed by atoms with Gasteiger partial charge >= 0.3 is 0 Å². The van der Waals surface area contributed by atoms with Crippen molar-refractivity contribution in [1.82, 2.24) is 4.90 Å². The van der Waals surface area contributed by atoms with Crippen molar-refractivity contribution in [2.24, 2.45) is 5.73 Å². The van der Waals surface area contributed by atoms with Crippen LogP contribution in [0.2, 0.25) is 0 Å². The summed E-state index contributed by atoms with van der Waals surface area (Å²) in [6.07, 6.45) is 4.35. The monoisotopic (exact) mass is 246 g/mol. The van der Waals surface area contributed by atoms with Crippen LogP contribution in [-0.4, -0.2) is 53.9 Å². The van der Waals surface area contributed by atoms with Gasteiger partial charge in [0.25, 0.3) is 0 Å². The smallest absolute Gasteiger partial charge is 0.0727 e. The molecule has 0 radical (unpaired) electrons. The molecule has 16 heavy (non-hydrogen) atoms. The second kappa shape index (κ2) is 7.95. The zero-order valence-electron chi connectivity index (χ0n) is 9.73. The Hall–Kier alpha value is -0.230. The van der Waals surface area contributed by atoms with E-state index in [2.05, 4.69) is 4.90 Å². The van der Waals surface area contributed by atoms with Gasteiger partial charge in [-0.3, -0.25) is 0 Å². The van der Waals surface area contributed by atoms with Crippen molar-refractivity contribution < 1.29 is 9.84 Å². The molecular formula is C11H22N2O2S. The topological polar surface area (TPSA) is 58.7 Å². The third-order valence-corrected chi connectivity index (χ3v) is 3.08. The number of aliphatic hydroxyl groups is 1. The lowest BCUT2D eigenvalue weighted by atomic mass is 10.1. The van der Waals surface area contributed by atoms with E-state index in [9.17, 15) is 0 Å². The second-order valence-corrected chi connectivity index (χ2v) is 4.73. The van der Waals surface area contributed by atoms with E-state index in [1.165, 1.54) is 0 Å². The third-order valence-electron chi connectivity index (χ3n) is 2.88. The number of piperidine rings is 1. The van der Waals surface area contributed by atoms with E-state index in [-0.39, 0.29) is 6.61 Å². The molecule has 0 atom stereocenters. The molecule has 0 aromatic rings. The van der Waals surface area contributed by atoms with Gasteiger partial charge < -0.3 is 20.5 Å². The molecule has 1 aliphatic heterocycles. The highest BCUT2D eigenvalue weighted by molar-refractivity contribution is 7.80. The van der Waals surface area contributed by atoms with Gasteiger partial charge in [-0.25, -0.2) is 0 Å². The van der Waals surface area contributed by atoms with Crippen molar-refractivity contribution in [1.29, 1.82) is 0 Å². The van der Waals surface area contributed by atoms with Gasteiger partial charge in [0.15, 0.2) is 0 Å². The van der Waals surface area contributed by atoms with Crippen LogP contribution in [-0.2, 0) is 4.74 Å². The summed E-state index contributed by atoms with van der Waals surface area (Å²) in [6, 6.07) is 0. The zero-order chi connectivity index (χ0) is 11.8. The first kappa shape index (κ1) is 13.8. The summed E-state index contributed by atoms with van der Waals surface area (Å²) in [5.41, 5.74) is 5.45. The van der Waals surface area contributed by atoms with Gasteiger partial charge in [-0.05, 0) is 32.2 Å². The van der Waals surface area contributed by atoms with E-state index in [1.54, 1.807) is 0 Å². The van der Waals surface area contributed by atoms with Crippen LogP contribution in [0.15, 0.2) is 0 Å². The molecule has 5 heteroatoms. The minimum absolute atomic E-state index is 0.119. The van der Waals surface area contributed by atoms with E-state index in [1.807, 2.05) is 0 Å². The van der Waals surface area contributed by atoms with Crippen molar-refractivity contribution in [3.8, 4) is 0 Å². The van der Waals surface area contributed by atoms with Gasteiger partial charge in [0, 0.05) is 13.1 Å². The molecule has 0 bridgehead atoms. The number of rotatable bonds is 7. The lowest BCUT2D eigenvalue weighted by Gasteiger charge is -2.31. The van der Waals surface area contributed by atoms with Crippen LogP contribution in [0.25, 0.3) is 0 Å². The quantitative estimate of drug-likeness (QED) is 0.642. The van der Waals surface area contributed by atoms with Crippen molar-refractivity contribution >= 4 is 17.2 Å². The lowest BCUT2D eigenvalue weighted by molar-refractivity contribution is -0.00772. The Morgan fingerprint density at radius 1 is 1.44 bits per heavy atom. The Morgan fingerprint density at radius 3 is 2.69 bits per heavy atom. The van der Waals surface area contributed by atoms with E-state index in [4.69, 9.17) is 27.8 Å². The van der Waals surface area contributed by atoms with Gasteiger partial charge in [0.05, 0.1) is 24.3 Å². The predicted octanol–water partition coefficient (Wildman–Crippen LogP) is 0.526. The largest absolute Gasteiger partial charge is 0.394 e. The summed E-state index contributed by atoms with van der Waals surface area (Å²) in [4.78, 5) is 3.04. The van der Waals surface area contributed by atoms with Crippen LogP contribution < -0.4 is 5.73 Å². The fourth-order valence-corrected chi connectivity index (χ4v) is 2.14. The number of ether oxygens (including phenoxy) is 1. The maximum absolute atomic E-state index is 8.66. The molecule has 1 rings (SSSR count). The SMILES string of the molecule is NC(=S)CCCN1CCC(OCCO)CC1. The average Bonchev–Trinajstić information content (AvgIpc) is 2.27. The Balaban J connectivity index is 2.05. The molecule has 0 spiro atoms. The van der Waals surface area contributed by atoms with E-state index in [0.717, 1.165) is 45.3 Å². The number of likely N-dealkylation sites (tertiary alicyclic amines) is 1. The predicted molar refractivity (Wildman–Crippen MR) is 68.5 cm³/mol. The molecule has 1 fully saturated rings. The standard InChI is InChI=1S/C11H22N2O2S/c12-11(16)2-1-5-13-6-3-10(4-7-13)15-9-8-14/h10,14H,1-9H2,(H2,12,16). The molecule has 0 aromatic carbocycles. The number of hydrogen-bond donors (Lipinski definition) is 2. The van der Waals surface area contributed by atoms with E-state index in [0.29, 0.717) is 17.7 Å². The van der Waals surface area contributed by atoms with Crippen LogP contribution >= 0.6 is 12.2 Å². The number of nitrogens with zero attached hydrogens (tertiary/aromatic N) is 1. The first-order chi connectivity index (χ1) is 7.72. The number of aliphatic hydroxyl groups excluding tert-OH is 1. The maximum Gasteiger partial charge on any atom is 0.0727 e. The summed E-state index contributed by atoms with van der Waals surface area (Å²) >= 11 is 4.84. The van der Waals surface area contributed by atoms with Gasteiger partial charge in [-0.2, -0.15) is 0 Å². The van der Waals surface area contributed by atoms with Crippen LogP contribution in [0, 0.1) is 0 Å². The van der Waals surface area contributed by atoms with Gasteiger partial charge in [-0.15, -0.1) is 0 Å². The molecule has 0 unspecified atom stereocenters. The first-order valence-corrected chi connectivity index (χ1v) is 6.36. The molecule has 1 aliphatic rings. The van der Waals surface area contributed by atoms with Gasteiger partial charge in [0.1, 0.15) is 0 Å². The molecular weight excluding hydrogens is 224 g/mol. The minimum Gasteiger partial charge on any atom is -0.394 e. The lowest BCUT2D eigenvalue weighted by Crippen LogP contribution is -2.38. The fraction of sp³-hybridized carbons (Fsp3) is 0.909. The van der Waals surface area contributed by atoms with Crippen LogP contribution in [0.1, 0.15) is 25.7 Å². The average molecular weight is 246 g/mol. The van der Waals surface area contributed by atoms with Crippen LogP contribution in [0.4, 0.5) is 0 Å². The van der Waals surface area contributed by atoms with Crippen molar-refractivity contribution in [3.05, 3.63) is 0 Å². The third kappa shape index (κ3) is 5.75. The summed E-state index contributed by atoms with van der Waals surface area (Å²) in [5.74, 6) is 0. The number of thiocarbonyl (C=S) groups is 1. The first-order valence-electron chi connectivity index (χ1n) is 5.95. The number of nitrogens with two attached hydrogens (primary N) is 1. The van der Waals surface area contributed by atoms with E-state index >= 15 is 0 Å². The van der Waals surface area contributed by atoms with Crippen LogP contribution in [0.3, 0.4) is 0 Å². The minimum atomic E-state index is 0.119. The highest BCUT2D eigenvalue weighted by Gasteiger charge is 2.18. The van der Waals surface area contributed by atoms with Gasteiger partial charge in [-0.1, -0.05) is 12.2 Å². The molecule has 94 valence electrons. The molecule has 4 nitrogen and oxygen atoms in total. The van der Waals surface area contributed by atoms with Crippen molar-refractivity contribution in [2.45, 2.75) is 31.8 Å². The summed E-state index contributed by atoms with van der Waals surface area (Å²) in [5, 5.41) is 8.66. The fourth-order valence-electron chi connectivity index (χ4n) is 2.00. The molecule has 0 aliphatic carbocycles. The van der Waals surface area contributed by atoms with Crippen molar-refractivity contribution in [3.63, 3.8) is 0 Å². The summed E-state index contributed by atoms with van der Waals surface area (Å²) in [7, 11) is 0. The molecule has 3 N–H and O–H groups in total. The Labute approximate surface area is 103 Å². The Kier molecular flexibility index (Phi) is 6.87. The Morgan fingerprint density at radius 2 is 2.12 bits per heavy atom. The molecule has 1 saturated heterocycles.